The molecule has 7 heteroatoms. The van der Waals surface area contributed by atoms with E-state index in [1.54, 1.807) is 14.1 Å². The number of likely N-dealkylation sites (N-methyl/N-ethyl adjacent to an activating group) is 1. The summed E-state index contributed by atoms with van der Waals surface area (Å²) in [4.78, 5) is 25.1. The third-order valence-corrected chi connectivity index (χ3v) is 3.56. The summed E-state index contributed by atoms with van der Waals surface area (Å²) in [5.41, 5.74) is 0.0345. The van der Waals surface area contributed by atoms with Crippen molar-refractivity contribution in [2.45, 2.75) is 31.8 Å². The number of amides is 1. The highest BCUT2D eigenvalue weighted by Gasteiger charge is 2.30. The van der Waals surface area contributed by atoms with Gasteiger partial charge in [-0.05, 0) is 32.6 Å². The van der Waals surface area contributed by atoms with Crippen molar-refractivity contribution in [3.8, 4) is 0 Å². The number of hydrogen-bond donors (Lipinski definition) is 2. The first-order valence-corrected chi connectivity index (χ1v) is 7.30. The van der Waals surface area contributed by atoms with Crippen LogP contribution in [0.5, 0.6) is 0 Å². The van der Waals surface area contributed by atoms with Crippen LogP contribution in [0.25, 0.3) is 0 Å². The van der Waals surface area contributed by atoms with E-state index in [1.807, 2.05) is 6.92 Å². The molecule has 1 rings (SSSR count). The number of carboxylic acids is 1. The Morgan fingerprint density at radius 2 is 2.05 bits per heavy atom. The van der Waals surface area contributed by atoms with Crippen molar-refractivity contribution in [1.82, 2.24) is 10.2 Å². The van der Waals surface area contributed by atoms with E-state index in [4.69, 9.17) is 16.7 Å². The summed E-state index contributed by atoms with van der Waals surface area (Å²) in [6.45, 7) is 1.82. The monoisotopic (exact) mass is 330 g/mol. The third kappa shape index (κ3) is 4.42. The van der Waals surface area contributed by atoms with Gasteiger partial charge in [0.25, 0.3) is 0 Å². The largest absolute Gasteiger partial charge is 0.480 e. The number of halogens is 2. The number of aliphatic carboxylic acids is 1. The van der Waals surface area contributed by atoms with Crippen molar-refractivity contribution in [3.63, 3.8) is 0 Å². The van der Waals surface area contributed by atoms with E-state index in [0.29, 0.717) is 12.8 Å². The van der Waals surface area contributed by atoms with Crippen LogP contribution in [-0.2, 0) is 9.59 Å². The standard InChI is InChI=1S/C15H20ClFN2O3/c1-4-6-11(15(21)22)18-14(20)13(19(2)3)12-9(16)7-5-8-10(12)17/h5,7-8,11,13H,4,6H2,1-3H3,(H,18,20)(H,21,22). The normalized spacial score (nSPS) is 13.7. The van der Waals surface area contributed by atoms with Gasteiger partial charge in [-0.2, -0.15) is 0 Å². The average Bonchev–Trinajstić information content (AvgIpc) is 2.41. The summed E-state index contributed by atoms with van der Waals surface area (Å²) in [7, 11) is 3.20. The zero-order chi connectivity index (χ0) is 16.9. The molecule has 0 aliphatic rings. The molecule has 122 valence electrons. The zero-order valence-electron chi connectivity index (χ0n) is 12.8. The Morgan fingerprint density at radius 3 is 2.50 bits per heavy atom. The van der Waals surface area contributed by atoms with Crippen molar-refractivity contribution in [3.05, 3.63) is 34.6 Å². The maximum absolute atomic E-state index is 14.1. The van der Waals surface area contributed by atoms with E-state index in [-0.39, 0.29) is 10.6 Å². The molecule has 0 saturated heterocycles. The lowest BCUT2D eigenvalue weighted by Crippen LogP contribution is -2.46. The molecule has 1 aromatic rings. The molecular formula is C15H20ClFN2O3. The molecule has 2 unspecified atom stereocenters. The first-order valence-electron chi connectivity index (χ1n) is 6.93. The van der Waals surface area contributed by atoms with Crippen molar-refractivity contribution in [2.75, 3.05) is 14.1 Å². The summed E-state index contributed by atoms with van der Waals surface area (Å²) in [5.74, 6) is -2.33. The first-order chi connectivity index (χ1) is 10.3. The molecule has 1 aromatic carbocycles. The van der Waals surface area contributed by atoms with Gasteiger partial charge in [0.2, 0.25) is 5.91 Å². The Labute approximate surface area is 134 Å². The molecule has 0 saturated carbocycles. The first kappa shape index (κ1) is 18.4. The molecule has 0 aliphatic heterocycles. The van der Waals surface area contributed by atoms with E-state index < -0.39 is 29.8 Å². The second-order valence-corrected chi connectivity index (χ2v) is 5.60. The molecule has 1 amide bonds. The van der Waals surface area contributed by atoms with Crippen LogP contribution in [0.2, 0.25) is 5.02 Å². The van der Waals surface area contributed by atoms with Crippen LogP contribution in [0.1, 0.15) is 31.4 Å². The minimum atomic E-state index is -1.12. The van der Waals surface area contributed by atoms with Crippen molar-refractivity contribution >= 4 is 23.5 Å². The maximum Gasteiger partial charge on any atom is 0.326 e. The summed E-state index contributed by atoms with van der Waals surface area (Å²) in [6.07, 6.45) is 0.899. The Balaban J connectivity index is 3.10. The molecular weight excluding hydrogens is 311 g/mol. The number of carboxylic acid groups (broad SMARTS) is 1. The van der Waals surface area contributed by atoms with E-state index in [2.05, 4.69) is 5.32 Å². The van der Waals surface area contributed by atoms with Crippen LogP contribution in [0.15, 0.2) is 18.2 Å². The number of rotatable bonds is 7. The second kappa shape index (κ2) is 8.10. The Hall–Kier alpha value is -1.66. The van der Waals surface area contributed by atoms with Gasteiger partial charge in [0.15, 0.2) is 0 Å². The van der Waals surface area contributed by atoms with Gasteiger partial charge in [-0.3, -0.25) is 9.69 Å². The van der Waals surface area contributed by atoms with E-state index in [0.717, 1.165) is 0 Å². The topological polar surface area (TPSA) is 69.6 Å². The van der Waals surface area contributed by atoms with Gasteiger partial charge in [-0.25, -0.2) is 9.18 Å². The lowest BCUT2D eigenvalue weighted by atomic mass is 10.0. The van der Waals surface area contributed by atoms with Crippen molar-refractivity contribution < 1.29 is 19.1 Å². The summed E-state index contributed by atoms with van der Waals surface area (Å²) in [5, 5.41) is 11.7. The highest BCUT2D eigenvalue weighted by molar-refractivity contribution is 6.31. The predicted molar refractivity (Wildman–Crippen MR) is 82.3 cm³/mol. The van der Waals surface area contributed by atoms with E-state index in [1.165, 1.54) is 23.1 Å². The van der Waals surface area contributed by atoms with Gasteiger partial charge < -0.3 is 10.4 Å². The number of benzene rings is 1. The smallest absolute Gasteiger partial charge is 0.326 e. The van der Waals surface area contributed by atoms with Crippen LogP contribution < -0.4 is 5.32 Å². The van der Waals surface area contributed by atoms with Gasteiger partial charge in [-0.1, -0.05) is 31.0 Å². The number of hydrogen-bond acceptors (Lipinski definition) is 3. The lowest BCUT2D eigenvalue weighted by Gasteiger charge is -2.26. The van der Waals surface area contributed by atoms with Crippen molar-refractivity contribution in [2.24, 2.45) is 0 Å². The Kier molecular flexibility index (Phi) is 6.77. The van der Waals surface area contributed by atoms with Crippen molar-refractivity contribution in [1.29, 1.82) is 0 Å². The molecule has 0 radical (unpaired) electrons. The SMILES string of the molecule is CCCC(NC(=O)C(c1c(F)cccc1Cl)N(C)C)C(=O)O. The third-order valence-electron chi connectivity index (χ3n) is 3.23. The van der Waals surface area contributed by atoms with E-state index in [9.17, 15) is 14.0 Å². The maximum atomic E-state index is 14.1. The molecule has 22 heavy (non-hydrogen) atoms. The molecule has 2 N–H and O–H groups in total. The molecule has 0 bridgehead atoms. The van der Waals surface area contributed by atoms with Gasteiger partial charge >= 0.3 is 5.97 Å². The molecule has 0 heterocycles. The Bertz CT molecular complexity index is 531. The molecule has 0 fully saturated rings. The molecule has 0 aromatic heterocycles. The van der Waals surface area contributed by atoms with Gasteiger partial charge in [-0.15, -0.1) is 0 Å². The zero-order valence-corrected chi connectivity index (χ0v) is 13.5. The average molecular weight is 331 g/mol. The van der Waals surface area contributed by atoms with Gasteiger partial charge in [0.1, 0.15) is 17.9 Å². The fourth-order valence-corrected chi connectivity index (χ4v) is 2.46. The number of carbonyl (C=O) groups is 2. The minimum absolute atomic E-state index is 0.0345. The summed E-state index contributed by atoms with van der Waals surface area (Å²) in [6, 6.07) is 2.14. The predicted octanol–water partition coefficient (Wildman–Crippen LogP) is 2.45. The summed E-state index contributed by atoms with van der Waals surface area (Å²) >= 11 is 6.01. The van der Waals surface area contributed by atoms with Crippen LogP contribution in [-0.4, -0.2) is 42.0 Å². The van der Waals surface area contributed by atoms with Crippen LogP contribution in [0.3, 0.4) is 0 Å². The minimum Gasteiger partial charge on any atom is -0.480 e. The van der Waals surface area contributed by atoms with Crippen LogP contribution >= 0.6 is 11.6 Å². The lowest BCUT2D eigenvalue weighted by molar-refractivity contribution is -0.142. The highest BCUT2D eigenvalue weighted by Crippen LogP contribution is 2.29. The van der Waals surface area contributed by atoms with Crippen LogP contribution in [0, 0.1) is 5.82 Å². The molecule has 2 atom stereocenters. The Morgan fingerprint density at radius 1 is 1.41 bits per heavy atom. The second-order valence-electron chi connectivity index (χ2n) is 5.19. The van der Waals surface area contributed by atoms with E-state index >= 15 is 0 Å². The van der Waals surface area contributed by atoms with Crippen LogP contribution in [0.4, 0.5) is 4.39 Å². The highest BCUT2D eigenvalue weighted by atomic mass is 35.5. The molecule has 0 aliphatic carbocycles. The summed E-state index contributed by atoms with van der Waals surface area (Å²) < 4.78 is 14.1. The van der Waals surface area contributed by atoms with Gasteiger partial charge in [0.05, 0.1) is 0 Å². The van der Waals surface area contributed by atoms with Gasteiger partial charge in [0, 0.05) is 10.6 Å². The quantitative estimate of drug-likeness (QED) is 0.805. The number of nitrogens with zero attached hydrogens (tertiary/aromatic N) is 1. The molecule has 0 spiro atoms. The molecule has 5 nitrogen and oxygen atoms in total. The fraction of sp³-hybridized carbons (Fsp3) is 0.467. The number of carbonyl (C=O) groups excluding carboxylic acids is 1. The fourth-order valence-electron chi connectivity index (χ4n) is 2.19. The number of nitrogens with one attached hydrogen (secondary N) is 1.